The van der Waals surface area contributed by atoms with Crippen molar-refractivity contribution in [1.82, 2.24) is 10.3 Å². The van der Waals surface area contributed by atoms with Gasteiger partial charge in [-0.1, -0.05) is 6.92 Å². The van der Waals surface area contributed by atoms with E-state index in [1.54, 1.807) is 0 Å². The number of thiazole rings is 1. The Hall–Kier alpha value is -0.610. The number of aromatic nitrogens is 1. The molecule has 2 rings (SSSR count). The molecule has 0 bridgehead atoms. The van der Waals surface area contributed by atoms with Gasteiger partial charge < -0.3 is 10.2 Å². The molecule has 2 heterocycles. The Morgan fingerprint density at radius 2 is 2.31 bits per heavy atom. The molecule has 1 aromatic rings. The minimum Gasteiger partial charge on any atom is -0.345 e. The summed E-state index contributed by atoms with van der Waals surface area (Å²) in [4.78, 5) is 8.34. The third kappa shape index (κ3) is 2.55. The van der Waals surface area contributed by atoms with E-state index in [-0.39, 0.29) is 0 Å². The van der Waals surface area contributed by atoms with Crippen molar-refractivity contribution in [2.75, 3.05) is 18.5 Å². The van der Waals surface area contributed by atoms with Crippen molar-refractivity contribution in [3.8, 4) is 0 Å². The summed E-state index contributed by atoms with van der Waals surface area (Å²) in [6.45, 7) is 6.73. The lowest BCUT2D eigenvalue weighted by Gasteiger charge is -2.36. The predicted octanol–water partition coefficient (Wildman–Crippen LogP) is 2.49. The van der Waals surface area contributed by atoms with Gasteiger partial charge >= 0.3 is 0 Å². The molecule has 1 aliphatic heterocycles. The zero-order valence-corrected chi connectivity index (χ0v) is 11.2. The highest BCUT2D eigenvalue weighted by molar-refractivity contribution is 7.15. The number of anilines is 1. The molecule has 1 aromatic heterocycles. The molecule has 1 aliphatic rings. The number of rotatable bonds is 3. The fourth-order valence-corrected chi connectivity index (χ4v) is 3.27. The number of hydrogen-bond donors (Lipinski definition) is 1. The minimum atomic E-state index is 0.643. The topological polar surface area (TPSA) is 28.2 Å². The lowest BCUT2D eigenvalue weighted by molar-refractivity contribution is 0.390. The third-order valence-electron chi connectivity index (χ3n) is 3.26. The molecular formula is C12H21N3S. The molecule has 2 atom stereocenters. The first-order chi connectivity index (χ1) is 7.70. The molecule has 0 amide bonds. The average Bonchev–Trinajstić information content (AvgIpc) is 2.71. The van der Waals surface area contributed by atoms with Gasteiger partial charge in [-0.15, -0.1) is 11.3 Å². The maximum Gasteiger partial charge on any atom is 0.185 e. The van der Waals surface area contributed by atoms with Crippen molar-refractivity contribution in [2.24, 2.45) is 5.92 Å². The summed E-state index contributed by atoms with van der Waals surface area (Å²) >= 11 is 1.82. The molecule has 4 heteroatoms. The second kappa shape index (κ2) is 5.15. The van der Waals surface area contributed by atoms with Gasteiger partial charge in [0, 0.05) is 30.2 Å². The van der Waals surface area contributed by atoms with Crippen molar-refractivity contribution in [3.05, 3.63) is 11.1 Å². The highest BCUT2D eigenvalue weighted by Crippen LogP contribution is 2.30. The van der Waals surface area contributed by atoms with Gasteiger partial charge in [-0.05, 0) is 32.7 Å². The second-order valence-electron chi connectivity index (χ2n) is 4.82. The molecule has 16 heavy (non-hydrogen) atoms. The van der Waals surface area contributed by atoms with Crippen LogP contribution in [-0.4, -0.2) is 24.6 Å². The molecule has 90 valence electrons. The van der Waals surface area contributed by atoms with Crippen LogP contribution >= 0.6 is 11.3 Å². The van der Waals surface area contributed by atoms with Gasteiger partial charge in [0.05, 0.1) is 0 Å². The van der Waals surface area contributed by atoms with Crippen LogP contribution in [0.1, 0.15) is 31.6 Å². The van der Waals surface area contributed by atoms with Crippen LogP contribution in [0.3, 0.4) is 0 Å². The predicted molar refractivity (Wildman–Crippen MR) is 70.1 cm³/mol. The highest BCUT2D eigenvalue weighted by atomic mass is 32.1. The maximum absolute atomic E-state index is 4.55. The van der Waals surface area contributed by atoms with Crippen molar-refractivity contribution in [2.45, 2.75) is 39.3 Å². The second-order valence-corrected chi connectivity index (χ2v) is 5.92. The Kier molecular flexibility index (Phi) is 3.82. The molecule has 1 N–H and O–H groups in total. The molecular weight excluding hydrogens is 218 g/mol. The largest absolute Gasteiger partial charge is 0.345 e. The monoisotopic (exact) mass is 239 g/mol. The maximum atomic E-state index is 4.55. The van der Waals surface area contributed by atoms with E-state index in [0.29, 0.717) is 6.04 Å². The minimum absolute atomic E-state index is 0.643. The summed E-state index contributed by atoms with van der Waals surface area (Å²) in [5, 5.41) is 4.37. The molecule has 0 saturated carbocycles. The quantitative estimate of drug-likeness (QED) is 0.878. The molecule has 1 saturated heterocycles. The summed E-state index contributed by atoms with van der Waals surface area (Å²) in [5.74, 6) is 0.799. The zero-order valence-electron chi connectivity index (χ0n) is 10.4. The van der Waals surface area contributed by atoms with Crippen molar-refractivity contribution < 1.29 is 0 Å². The van der Waals surface area contributed by atoms with Crippen LogP contribution in [0.5, 0.6) is 0 Å². The van der Waals surface area contributed by atoms with Crippen molar-refractivity contribution in [3.63, 3.8) is 0 Å². The van der Waals surface area contributed by atoms with Crippen LogP contribution in [0, 0.1) is 5.92 Å². The van der Waals surface area contributed by atoms with Gasteiger partial charge in [0.1, 0.15) is 0 Å². The average molecular weight is 239 g/mol. The van der Waals surface area contributed by atoms with Crippen molar-refractivity contribution >= 4 is 16.5 Å². The summed E-state index contributed by atoms with van der Waals surface area (Å²) < 4.78 is 0. The van der Waals surface area contributed by atoms with Crippen LogP contribution < -0.4 is 10.2 Å². The Balaban J connectivity index is 2.08. The van der Waals surface area contributed by atoms with Gasteiger partial charge in [0.2, 0.25) is 0 Å². The van der Waals surface area contributed by atoms with Crippen LogP contribution in [-0.2, 0) is 6.54 Å². The summed E-state index contributed by atoms with van der Waals surface area (Å²) in [6.07, 6.45) is 4.65. The van der Waals surface area contributed by atoms with Gasteiger partial charge in [0.25, 0.3) is 0 Å². The summed E-state index contributed by atoms with van der Waals surface area (Å²) in [6, 6.07) is 0.643. The van der Waals surface area contributed by atoms with Gasteiger partial charge in [-0.3, -0.25) is 0 Å². The summed E-state index contributed by atoms with van der Waals surface area (Å²) in [5.41, 5.74) is 0. The molecule has 2 unspecified atom stereocenters. The Labute approximate surface area is 102 Å². The van der Waals surface area contributed by atoms with Crippen LogP contribution in [0.25, 0.3) is 0 Å². The number of nitrogens with zero attached hydrogens (tertiary/aromatic N) is 2. The van der Waals surface area contributed by atoms with Crippen LogP contribution in [0.2, 0.25) is 0 Å². The van der Waals surface area contributed by atoms with E-state index in [9.17, 15) is 0 Å². The normalized spacial score (nSPS) is 26.1. The fraction of sp³-hybridized carbons (Fsp3) is 0.750. The number of nitrogens with one attached hydrogen (secondary N) is 1. The SMILES string of the molecule is CNCc1cnc(N2CC(C)CCC2C)s1. The van der Waals surface area contributed by atoms with E-state index in [1.807, 2.05) is 24.6 Å². The van der Waals surface area contributed by atoms with E-state index in [2.05, 4.69) is 29.0 Å². The summed E-state index contributed by atoms with van der Waals surface area (Å²) in [7, 11) is 1.98. The third-order valence-corrected chi connectivity index (χ3v) is 4.29. The lowest BCUT2D eigenvalue weighted by atomic mass is 9.96. The Morgan fingerprint density at radius 1 is 1.50 bits per heavy atom. The Morgan fingerprint density at radius 3 is 3.06 bits per heavy atom. The molecule has 0 aliphatic carbocycles. The molecule has 0 spiro atoms. The van der Waals surface area contributed by atoms with E-state index in [1.165, 1.54) is 22.9 Å². The molecule has 3 nitrogen and oxygen atoms in total. The van der Waals surface area contributed by atoms with E-state index in [4.69, 9.17) is 0 Å². The lowest BCUT2D eigenvalue weighted by Crippen LogP contribution is -2.40. The number of hydrogen-bond acceptors (Lipinski definition) is 4. The zero-order chi connectivity index (χ0) is 11.5. The molecule has 1 fully saturated rings. The fourth-order valence-electron chi connectivity index (χ4n) is 2.24. The van der Waals surface area contributed by atoms with Gasteiger partial charge in [-0.2, -0.15) is 0 Å². The van der Waals surface area contributed by atoms with Crippen molar-refractivity contribution in [1.29, 1.82) is 0 Å². The smallest absolute Gasteiger partial charge is 0.185 e. The van der Waals surface area contributed by atoms with Gasteiger partial charge in [-0.25, -0.2) is 4.98 Å². The van der Waals surface area contributed by atoms with E-state index in [0.717, 1.165) is 19.0 Å². The first-order valence-corrected chi connectivity index (χ1v) is 6.88. The highest BCUT2D eigenvalue weighted by Gasteiger charge is 2.24. The standard InChI is InChI=1S/C12H21N3S/c1-9-4-5-10(2)15(8-9)12-14-7-11(16-12)6-13-3/h7,9-10,13H,4-6,8H2,1-3H3. The molecule has 0 radical (unpaired) electrons. The first-order valence-electron chi connectivity index (χ1n) is 6.06. The van der Waals surface area contributed by atoms with Gasteiger partial charge in [0.15, 0.2) is 5.13 Å². The Bertz CT molecular complexity index is 337. The number of piperidine rings is 1. The van der Waals surface area contributed by atoms with Crippen LogP contribution in [0.15, 0.2) is 6.20 Å². The van der Waals surface area contributed by atoms with E-state index < -0.39 is 0 Å². The molecule has 0 aromatic carbocycles. The van der Waals surface area contributed by atoms with Crippen LogP contribution in [0.4, 0.5) is 5.13 Å². The van der Waals surface area contributed by atoms with E-state index >= 15 is 0 Å². The first kappa shape index (κ1) is 11.9.